The van der Waals surface area contributed by atoms with Crippen molar-refractivity contribution >= 4 is 27.9 Å². The van der Waals surface area contributed by atoms with Crippen molar-refractivity contribution in [2.24, 2.45) is 17.8 Å². The van der Waals surface area contributed by atoms with E-state index >= 15 is 0 Å². The highest BCUT2D eigenvalue weighted by Gasteiger charge is 2.39. The molecule has 2 bridgehead atoms. The minimum atomic E-state index is 0.720. The van der Waals surface area contributed by atoms with Crippen molar-refractivity contribution in [1.29, 1.82) is 0 Å². The number of aldehydes is 1. The molecule has 2 aliphatic rings. The largest absolute Gasteiger partial charge is 0.374 e. The molecule has 0 amide bonds. The summed E-state index contributed by atoms with van der Waals surface area (Å²) in [5.74, 6) is 2.84. The summed E-state index contributed by atoms with van der Waals surface area (Å²) in [4.78, 5) is 13.2. The number of nitrogens with zero attached hydrogens (tertiary/aromatic N) is 1. The van der Waals surface area contributed by atoms with Gasteiger partial charge in [-0.15, -0.1) is 0 Å². The van der Waals surface area contributed by atoms with Crippen LogP contribution in [-0.4, -0.2) is 19.9 Å². The standard InChI is InChI=1S/C16H20BrNO/c1-18(9-14-7-11-2-3-12(14)6-11)15-5-4-13(10-19)16(17)8-15/h4-5,8,10-12,14H,2-3,6-7,9H2,1H3. The van der Waals surface area contributed by atoms with E-state index < -0.39 is 0 Å². The molecule has 2 aliphatic carbocycles. The van der Waals surface area contributed by atoms with E-state index in [2.05, 4.69) is 33.9 Å². The van der Waals surface area contributed by atoms with Crippen LogP contribution < -0.4 is 4.90 Å². The van der Waals surface area contributed by atoms with Crippen molar-refractivity contribution in [3.05, 3.63) is 28.2 Å². The summed E-state index contributed by atoms with van der Waals surface area (Å²) < 4.78 is 0.889. The van der Waals surface area contributed by atoms with E-state index in [1.807, 2.05) is 12.1 Å². The van der Waals surface area contributed by atoms with Crippen molar-refractivity contribution in [2.75, 3.05) is 18.5 Å². The molecule has 0 aliphatic heterocycles. The molecule has 0 N–H and O–H groups in total. The van der Waals surface area contributed by atoms with Crippen LogP contribution in [-0.2, 0) is 0 Å². The molecule has 102 valence electrons. The van der Waals surface area contributed by atoms with Gasteiger partial charge in [0.25, 0.3) is 0 Å². The van der Waals surface area contributed by atoms with Crippen LogP contribution in [0, 0.1) is 17.8 Å². The Balaban J connectivity index is 1.68. The Morgan fingerprint density at radius 3 is 2.79 bits per heavy atom. The average Bonchev–Trinajstić information content (AvgIpc) is 3.00. The van der Waals surface area contributed by atoms with Gasteiger partial charge < -0.3 is 4.90 Å². The molecule has 3 rings (SSSR count). The number of rotatable bonds is 4. The molecule has 3 unspecified atom stereocenters. The number of halogens is 1. The van der Waals surface area contributed by atoms with Gasteiger partial charge >= 0.3 is 0 Å². The van der Waals surface area contributed by atoms with Crippen molar-refractivity contribution in [3.63, 3.8) is 0 Å². The highest BCUT2D eigenvalue weighted by atomic mass is 79.9. The summed E-state index contributed by atoms with van der Waals surface area (Å²) in [6.07, 6.45) is 6.68. The first-order valence-corrected chi connectivity index (χ1v) is 7.92. The highest BCUT2D eigenvalue weighted by Crippen LogP contribution is 2.48. The lowest BCUT2D eigenvalue weighted by Crippen LogP contribution is -2.28. The summed E-state index contributed by atoms with van der Waals surface area (Å²) in [6, 6.07) is 5.99. The van der Waals surface area contributed by atoms with Crippen LogP contribution in [0.25, 0.3) is 0 Å². The second-order valence-electron chi connectivity index (χ2n) is 6.14. The molecule has 0 radical (unpaired) electrons. The number of anilines is 1. The zero-order chi connectivity index (χ0) is 13.4. The number of fused-ring (bicyclic) bond motifs is 2. The zero-order valence-electron chi connectivity index (χ0n) is 11.3. The van der Waals surface area contributed by atoms with Crippen LogP contribution in [0.15, 0.2) is 22.7 Å². The van der Waals surface area contributed by atoms with Crippen LogP contribution in [0.5, 0.6) is 0 Å². The van der Waals surface area contributed by atoms with E-state index in [4.69, 9.17) is 0 Å². The molecule has 0 heterocycles. The molecule has 0 aromatic heterocycles. The van der Waals surface area contributed by atoms with Gasteiger partial charge in [0, 0.05) is 29.3 Å². The molecule has 3 atom stereocenters. The Morgan fingerprint density at radius 2 is 2.21 bits per heavy atom. The van der Waals surface area contributed by atoms with Gasteiger partial charge in [-0.25, -0.2) is 0 Å². The summed E-state index contributed by atoms with van der Waals surface area (Å²) in [6.45, 7) is 1.15. The summed E-state index contributed by atoms with van der Waals surface area (Å²) in [5, 5.41) is 0. The Bertz CT molecular complexity index is 488. The van der Waals surface area contributed by atoms with Gasteiger partial charge in [-0.2, -0.15) is 0 Å². The Hall–Kier alpha value is -0.830. The van der Waals surface area contributed by atoms with E-state index in [0.717, 1.165) is 40.6 Å². The third-order valence-electron chi connectivity index (χ3n) is 4.94. The molecule has 2 saturated carbocycles. The lowest BCUT2D eigenvalue weighted by Gasteiger charge is -2.28. The monoisotopic (exact) mass is 321 g/mol. The van der Waals surface area contributed by atoms with Crippen molar-refractivity contribution in [1.82, 2.24) is 0 Å². The van der Waals surface area contributed by atoms with Crippen LogP contribution in [0.4, 0.5) is 5.69 Å². The maximum Gasteiger partial charge on any atom is 0.151 e. The number of benzene rings is 1. The molecular formula is C16H20BrNO. The first-order valence-electron chi connectivity index (χ1n) is 7.13. The zero-order valence-corrected chi connectivity index (χ0v) is 12.9. The summed E-state index contributed by atoms with van der Waals surface area (Å²) in [7, 11) is 2.16. The molecule has 19 heavy (non-hydrogen) atoms. The third-order valence-corrected chi connectivity index (χ3v) is 5.63. The lowest BCUT2D eigenvalue weighted by atomic mass is 9.88. The molecule has 2 fully saturated rings. The van der Waals surface area contributed by atoms with Gasteiger partial charge in [0.05, 0.1) is 0 Å². The van der Waals surface area contributed by atoms with Crippen LogP contribution >= 0.6 is 15.9 Å². The molecular weight excluding hydrogens is 302 g/mol. The summed E-state index contributed by atoms with van der Waals surface area (Å²) in [5.41, 5.74) is 1.91. The van der Waals surface area contributed by atoms with E-state index in [1.165, 1.54) is 31.4 Å². The van der Waals surface area contributed by atoms with Crippen molar-refractivity contribution < 1.29 is 4.79 Å². The first-order chi connectivity index (χ1) is 9.17. The predicted molar refractivity (Wildman–Crippen MR) is 81.7 cm³/mol. The van der Waals surface area contributed by atoms with E-state index in [9.17, 15) is 4.79 Å². The highest BCUT2D eigenvalue weighted by molar-refractivity contribution is 9.10. The van der Waals surface area contributed by atoms with Gasteiger partial charge in [0.2, 0.25) is 0 Å². The Labute approximate surface area is 123 Å². The van der Waals surface area contributed by atoms with E-state index in [-0.39, 0.29) is 0 Å². The van der Waals surface area contributed by atoms with Gasteiger partial charge in [0.1, 0.15) is 0 Å². The quantitative estimate of drug-likeness (QED) is 0.777. The third kappa shape index (κ3) is 2.58. The average molecular weight is 322 g/mol. The predicted octanol–water partition coefficient (Wildman–Crippen LogP) is 4.13. The van der Waals surface area contributed by atoms with E-state index in [1.54, 1.807) is 0 Å². The van der Waals surface area contributed by atoms with Gasteiger partial charge in [-0.1, -0.05) is 6.42 Å². The molecule has 0 spiro atoms. The maximum atomic E-state index is 10.8. The topological polar surface area (TPSA) is 20.3 Å². The van der Waals surface area contributed by atoms with Crippen LogP contribution in [0.3, 0.4) is 0 Å². The normalized spacial score (nSPS) is 28.6. The number of hydrogen-bond donors (Lipinski definition) is 0. The van der Waals surface area contributed by atoms with E-state index in [0.29, 0.717) is 0 Å². The second-order valence-corrected chi connectivity index (χ2v) is 6.99. The fourth-order valence-electron chi connectivity index (χ4n) is 3.91. The van der Waals surface area contributed by atoms with Crippen LogP contribution in [0.2, 0.25) is 0 Å². The summed E-state index contributed by atoms with van der Waals surface area (Å²) >= 11 is 3.46. The van der Waals surface area contributed by atoms with Crippen LogP contribution in [0.1, 0.15) is 36.0 Å². The van der Waals surface area contributed by atoms with Gasteiger partial charge in [0.15, 0.2) is 6.29 Å². The SMILES string of the molecule is CN(CC1CC2CCC1C2)c1ccc(C=O)c(Br)c1. The molecule has 2 nitrogen and oxygen atoms in total. The minimum Gasteiger partial charge on any atom is -0.374 e. The van der Waals surface area contributed by atoms with Crippen molar-refractivity contribution in [2.45, 2.75) is 25.7 Å². The minimum absolute atomic E-state index is 0.720. The maximum absolute atomic E-state index is 10.8. The second kappa shape index (κ2) is 5.28. The van der Waals surface area contributed by atoms with Gasteiger partial charge in [-0.3, -0.25) is 4.79 Å². The molecule has 0 saturated heterocycles. The van der Waals surface area contributed by atoms with Crippen molar-refractivity contribution in [3.8, 4) is 0 Å². The molecule has 1 aromatic carbocycles. The number of carbonyl (C=O) groups is 1. The number of hydrogen-bond acceptors (Lipinski definition) is 2. The van der Waals surface area contributed by atoms with Gasteiger partial charge in [-0.05, 0) is 71.1 Å². The molecule has 1 aromatic rings. The first kappa shape index (κ1) is 13.2. The fraction of sp³-hybridized carbons (Fsp3) is 0.562. The smallest absolute Gasteiger partial charge is 0.151 e. The fourth-order valence-corrected chi connectivity index (χ4v) is 4.37. The lowest BCUT2D eigenvalue weighted by molar-refractivity contribution is 0.112. The Morgan fingerprint density at radius 1 is 1.37 bits per heavy atom. The number of carbonyl (C=O) groups excluding carboxylic acids is 1. The molecule has 3 heteroatoms. The Kier molecular flexibility index (Phi) is 3.66.